The second kappa shape index (κ2) is 7.03. The molecule has 122 valence electrons. The van der Waals surface area contributed by atoms with Gasteiger partial charge < -0.3 is 5.32 Å². The molecule has 1 amide bonds. The third kappa shape index (κ3) is 3.75. The van der Waals surface area contributed by atoms with E-state index in [1.807, 2.05) is 18.2 Å². The Bertz CT molecular complexity index is 895. The van der Waals surface area contributed by atoms with E-state index in [-0.39, 0.29) is 10.9 Å². The van der Waals surface area contributed by atoms with Gasteiger partial charge in [0.1, 0.15) is 5.82 Å². The molecule has 0 radical (unpaired) electrons. The highest BCUT2D eigenvalue weighted by molar-refractivity contribution is 6.34. The first-order valence-electron chi connectivity index (χ1n) is 7.05. The molecular weight excluding hydrogens is 352 g/mol. The molecular formula is C17H12Cl2FN3O. The van der Waals surface area contributed by atoms with Gasteiger partial charge in [-0.15, -0.1) is 0 Å². The fourth-order valence-corrected chi connectivity index (χ4v) is 2.56. The Hall–Kier alpha value is -2.37. The zero-order valence-corrected chi connectivity index (χ0v) is 13.9. The molecule has 24 heavy (non-hydrogen) atoms. The molecule has 1 heterocycles. The van der Waals surface area contributed by atoms with Gasteiger partial charge in [0.15, 0.2) is 0 Å². The first-order valence-corrected chi connectivity index (χ1v) is 7.81. The minimum Gasteiger partial charge on any atom is -0.321 e. The average molecular weight is 364 g/mol. The summed E-state index contributed by atoms with van der Waals surface area (Å²) in [4.78, 5) is 12.2. The summed E-state index contributed by atoms with van der Waals surface area (Å²) in [6.45, 7) is 0.449. The fraction of sp³-hybridized carbons (Fsp3) is 0.0588. The van der Waals surface area contributed by atoms with Crippen LogP contribution in [0.4, 0.5) is 10.1 Å². The number of carbonyl (C=O) groups excluding carboxylic acids is 1. The smallest absolute Gasteiger partial charge is 0.258 e. The number of hydrogen-bond donors (Lipinski definition) is 1. The second-order valence-electron chi connectivity index (χ2n) is 5.10. The maximum atomic E-state index is 13.0. The van der Waals surface area contributed by atoms with Crippen LogP contribution in [-0.2, 0) is 6.54 Å². The Morgan fingerprint density at radius 3 is 2.71 bits per heavy atom. The van der Waals surface area contributed by atoms with Crippen LogP contribution in [0.15, 0.2) is 54.9 Å². The van der Waals surface area contributed by atoms with E-state index in [4.69, 9.17) is 23.2 Å². The van der Waals surface area contributed by atoms with Crippen LogP contribution in [0.2, 0.25) is 10.0 Å². The Labute approximate surface area is 147 Å². The Morgan fingerprint density at radius 2 is 1.96 bits per heavy atom. The summed E-state index contributed by atoms with van der Waals surface area (Å²) < 4.78 is 14.6. The maximum Gasteiger partial charge on any atom is 0.258 e. The topological polar surface area (TPSA) is 46.9 Å². The van der Waals surface area contributed by atoms with Crippen LogP contribution in [0, 0.1) is 5.82 Å². The van der Waals surface area contributed by atoms with Gasteiger partial charge in [-0.2, -0.15) is 5.10 Å². The maximum absolute atomic E-state index is 13.0. The van der Waals surface area contributed by atoms with E-state index < -0.39 is 5.82 Å². The van der Waals surface area contributed by atoms with E-state index in [2.05, 4.69) is 10.4 Å². The number of hydrogen-bond acceptors (Lipinski definition) is 2. The van der Waals surface area contributed by atoms with Gasteiger partial charge in [0.25, 0.3) is 5.91 Å². The summed E-state index contributed by atoms with van der Waals surface area (Å²) in [7, 11) is 0. The highest BCUT2D eigenvalue weighted by Gasteiger charge is 2.12. The third-order valence-electron chi connectivity index (χ3n) is 3.36. The van der Waals surface area contributed by atoms with Crippen LogP contribution >= 0.6 is 23.2 Å². The van der Waals surface area contributed by atoms with Gasteiger partial charge in [0.05, 0.1) is 29.0 Å². The standard InChI is InChI=1S/C17H12Cl2FN3O/c18-14-4-2-1-3-11(14)9-23-10-12(8-21-23)17(24)22-16-6-5-13(20)7-15(16)19/h1-8,10H,9H2,(H,22,24). The van der Waals surface area contributed by atoms with Gasteiger partial charge in [0, 0.05) is 11.2 Å². The van der Waals surface area contributed by atoms with Crippen molar-refractivity contribution in [2.24, 2.45) is 0 Å². The normalized spacial score (nSPS) is 10.6. The lowest BCUT2D eigenvalue weighted by Gasteiger charge is -2.06. The molecule has 1 aromatic heterocycles. The highest BCUT2D eigenvalue weighted by Crippen LogP contribution is 2.23. The van der Waals surface area contributed by atoms with Crippen molar-refractivity contribution in [3.05, 3.63) is 81.8 Å². The first-order chi connectivity index (χ1) is 11.5. The predicted octanol–water partition coefficient (Wildman–Crippen LogP) is 4.63. The Balaban J connectivity index is 1.73. The third-order valence-corrected chi connectivity index (χ3v) is 4.05. The van der Waals surface area contributed by atoms with E-state index in [0.717, 1.165) is 11.6 Å². The van der Waals surface area contributed by atoms with E-state index in [0.29, 0.717) is 22.8 Å². The predicted molar refractivity (Wildman–Crippen MR) is 92.1 cm³/mol. The molecule has 0 fully saturated rings. The van der Waals surface area contributed by atoms with Crippen LogP contribution < -0.4 is 5.32 Å². The van der Waals surface area contributed by atoms with Crippen molar-refractivity contribution in [3.8, 4) is 0 Å². The number of nitrogens with one attached hydrogen (secondary N) is 1. The van der Waals surface area contributed by atoms with Crippen molar-refractivity contribution in [2.75, 3.05) is 5.32 Å². The lowest BCUT2D eigenvalue weighted by Crippen LogP contribution is -2.11. The van der Waals surface area contributed by atoms with Crippen molar-refractivity contribution >= 4 is 34.8 Å². The van der Waals surface area contributed by atoms with Crippen molar-refractivity contribution in [2.45, 2.75) is 6.54 Å². The molecule has 0 bridgehead atoms. The van der Waals surface area contributed by atoms with Crippen LogP contribution in [0.1, 0.15) is 15.9 Å². The lowest BCUT2D eigenvalue weighted by atomic mass is 10.2. The molecule has 0 aliphatic rings. The van der Waals surface area contributed by atoms with E-state index >= 15 is 0 Å². The molecule has 4 nitrogen and oxygen atoms in total. The van der Waals surface area contributed by atoms with E-state index in [1.54, 1.807) is 16.9 Å². The molecule has 7 heteroatoms. The molecule has 0 saturated heterocycles. The van der Waals surface area contributed by atoms with Crippen LogP contribution in [0.25, 0.3) is 0 Å². The van der Waals surface area contributed by atoms with Gasteiger partial charge in [0.2, 0.25) is 0 Å². The number of aromatic nitrogens is 2. The number of carbonyl (C=O) groups is 1. The van der Waals surface area contributed by atoms with Gasteiger partial charge in [-0.25, -0.2) is 4.39 Å². The number of nitrogens with zero attached hydrogens (tertiary/aromatic N) is 2. The summed E-state index contributed by atoms with van der Waals surface area (Å²) in [6.07, 6.45) is 3.06. The van der Waals surface area contributed by atoms with E-state index in [9.17, 15) is 9.18 Å². The minimum absolute atomic E-state index is 0.131. The molecule has 3 rings (SSSR count). The van der Waals surface area contributed by atoms with Crippen molar-refractivity contribution in [1.29, 1.82) is 0 Å². The highest BCUT2D eigenvalue weighted by atomic mass is 35.5. The summed E-state index contributed by atoms with van der Waals surface area (Å²) in [5.74, 6) is -0.848. The number of amides is 1. The lowest BCUT2D eigenvalue weighted by molar-refractivity contribution is 0.102. The largest absolute Gasteiger partial charge is 0.321 e. The SMILES string of the molecule is O=C(Nc1ccc(F)cc1Cl)c1cnn(Cc2ccccc2Cl)c1. The molecule has 0 atom stereocenters. The molecule has 3 aromatic rings. The summed E-state index contributed by atoms with van der Waals surface area (Å²) >= 11 is 12.0. The van der Waals surface area contributed by atoms with Crippen LogP contribution in [-0.4, -0.2) is 15.7 Å². The zero-order chi connectivity index (χ0) is 17.1. The molecule has 1 N–H and O–H groups in total. The number of halogens is 3. The molecule has 0 aliphatic carbocycles. The number of anilines is 1. The van der Waals surface area contributed by atoms with E-state index in [1.165, 1.54) is 18.3 Å². The summed E-state index contributed by atoms with van der Waals surface area (Å²) in [5, 5.41) is 7.55. The average Bonchev–Trinajstić information content (AvgIpc) is 3.01. The van der Waals surface area contributed by atoms with Crippen molar-refractivity contribution in [3.63, 3.8) is 0 Å². The van der Waals surface area contributed by atoms with Gasteiger partial charge in [-0.05, 0) is 29.8 Å². The molecule has 0 spiro atoms. The molecule has 0 unspecified atom stereocenters. The quantitative estimate of drug-likeness (QED) is 0.734. The second-order valence-corrected chi connectivity index (χ2v) is 5.91. The zero-order valence-electron chi connectivity index (χ0n) is 12.3. The van der Waals surface area contributed by atoms with Crippen molar-refractivity contribution in [1.82, 2.24) is 9.78 Å². The Morgan fingerprint density at radius 1 is 1.17 bits per heavy atom. The van der Waals surface area contributed by atoms with Crippen LogP contribution in [0.5, 0.6) is 0 Å². The van der Waals surface area contributed by atoms with Gasteiger partial charge >= 0.3 is 0 Å². The van der Waals surface area contributed by atoms with Crippen LogP contribution in [0.3, 0.4) is 0 Å². The fourth-order valence-electron chi connectivity index (χ4n) is 2.15. The van der Waals surface area contributed by atoms with Crippen molar-refractivity contribution < 1.29 is 9.18 Å². The molecule has 0 saturated carbocycles. The molecule has 2 aromatic carbocycles. The number of rotatable bonds is 4. The molecule has 0 aliphatic heterocycles. The number of benzene rings is 2. The summed E-state index contributed by atoms with van der Waals surface area (Å²) in [5.41, 5.74) is 1.60. The first kappa shape index (κ1) is 16.5. The van der Waals surface area contributed by atoms with Gasteiger partial charge in [-0.1, -0.05) is 41.4 Å². The Kier molecular flexibility index (Phi) is 4.83. The monoisotopic (exact) mass is 363 g/mol. The summed E-state index contributed by atoms with van der Waals surface area (Å²) in [6, 6.07) is 11.2. The minimum atomic E-state index is -0.467. The van der Waals surface area contributed by atoms with Gasteiger partial charge in [-0.3, -0.25) is 9.48 Å².